The predicted molar refractivity (Wildman–Crippen MR) is 118 cm³/mol. The summed E-state index contributed by atoms with van der Waals surface area (Å²) in [7, 11) is 0. The lowest BCUT2D eigenvalue weighted by atomic mass is 9.60. The van der Waals surface area contributed by atoms with Gasteiger partial charge in [0.15, 0.2) is 0 Å². The van der Waals surface area contributed by atoms with Crippen molar-refractivity contribution in [2.24, 2.45) is 17.8 Å². The second-order valence-electron chi connectivity index (χ2n) is 8.76. The van der Waals surface area contributed by atoms with E-state index in [9.17, 15) is 15.2 Å². The van der Waals surface area contributed by atoms with Crippen LogP contribution in [-0.2, 0) is 14.9 Å². The fourth-order valence-electron chi connectivity index (χ4n) is 5.04. The highest BCUT2D eigenvalue weighted by atomic mass is 19.1. The van der Waals surface area contributed by atoms with Gasteiger partial charge in [0, 0.05) is 13.2 Å². The fourth-order valence-corrected chi connectivity index (χ4v) is 5.04. The van der Waals surface area contributed by atoms with Gasteiger partial charge in [-0.2, -0.15) is 5.26 Å². The SMILES string of the molecule is CCCCCOC[C@H]1CC[C@H](C2(c3ccccc3C#N)C=CC(C(=O)O)C=C2F)CC1. The largest absolute Gasteiger partial charge is 0.481 e. The van der Waals surface area contributed by atoms with Gasteiger partial charge in [-0.05, 0) is 61.6 Å². The summed E-state index contributed by atoms with van der Waals surface area (Å²) < 4.78 is 21.6. The minimum absolute atomic E-state index is 0.0272. The van der Waals surface area contributed by atoms with E-state index in [0.717, 1.165) is 45.3 Å². The Morgan fingerprint density at radius 2 is 2.00 bits per heavy atom. The van der Waals surface area contributed by atoms with E-state index in [-0.39, 0.29) is 5.92 Å². The first-order valence-electron chi connectivity index (χ1n) is 11.4. The molecule has 0 spiro atoms. The molecule has 0 saturated heterocycles. The summed E-state index contributed by atoms with van der Waals surface area (Å²) in [5.74, 6) is -2.06. The van der Waals surface area contributed by atoms with Gasteiger partial charge in [-0.15, -0.1) is 0 Å². The number of nitriles is 1. The van der Waals surface area contributed by atoms with Gasteiger partial charge in [-0.1, -0.05) is 50.1 Å². The normalized spacial score (nSPS) is 28.0. The third-order valence-corrected chi connectivity index (χ3v) is 6.80. The zero-order valence-electron chi connectivity index (χ0n) is 18.2. The molecule has 5 heteroatoms. The Hall–Kier alpha value is -2.45. The molecular weight excluding hydrogens is 393 g/mol. The van der Waals surface area contributed by atoms with Gasteiger partial charge in [-0.3, -0.25) is 4.79 Å². The maximum Gasteiger partial charge on any atom is 0.314 e. The summed E-state index contributed by atoms with van der Waals surface area (Å²) >= 11 is 0. The van der Waals surface area contributed by atoms with E-state index in [4.69, 9.17) is 4.74 Å². The lowest BCUT2D eigenvalue weighted by molar-refractivity contribution is -0.138. The van der Waals surface area contributed by atoms with Crippen molar-refractivity contribution in [2.45, 2.75) is 57.3 Å². The van der Waals surface area contributed by atoms with E-state index in [1.165, 1.54) is 18.9 Å². The highest BCUT2D eigenvalue weighted by Gasteiger charge is 2.47. The Bertz CT molecular complexity index is 864. The Kier molecular flexibility index (Phi) is 8.03. The average Bonchev–Trinajstić information content (AvgIpc) is 2.79. The lowest BCUT2D eigenvalue weighted by Gasteiger charge is -2.43. The van der Waals surface area contributed by atoms with Crippen LogP contribution < -0.4 is 0 Å². The van der Waals surface area contributed by atoms with Crippen LogP contribution in [0.15, 0.2) is 48.3 Å². The van der Waals surface area contributed by atoms with Gasteiger partial charge in [0.2, 0.25) is 0 Å². The summed E-state index contributed by atoms with van der Waals surface area (Å²) in [5.41, 5.74) is -0.0120. The van der Waals surface area contributed by atoms with E-state index < -0.39 is 23.1 Å². The number of unbranched alkanes of at least 4 members (excludes halogenated alkanes) is 2. The van der Waals surface area contributed by atoms with Crippen molar-refractivity contribution in [3.05, 3.63) is 59.4 Å². The molecule has 2 unspecified atom stereocenters. The number of carbonyl (C=O) groups is 1. The Morgan fingerprint density at radius 3 is 2.65 bits per heavy atom. The number of aliphatic carboxylic acids is 1. The summed E-state index contributed by atoms with van der Waals surface area (Å²) in [4.78, 5) is 11.4. The fraction of sp³-hybridized carbons (Fsp3) is 0.538. The molecule has 1 aromatic rings. The van der Waals surface area contributed by atoms with E-state index >= 15 is 4.39 Å². The number of nitrogens with zero attached hydrogens (tertiary/aromatic N) is 1. The zero-order valence-corrected chi connectivity index (χ0v) is 18.2. The Labute approximate surface area is 184 Å². The van der Waals surface area contributed by atoms with Crippen LogP contribution in [0.2, 0.25) is 0 Å². The van der Waals surface area contributed by atoms with Crippen molar-refractivity contribution in [3.8, 4) is 6.07 Å². The molecule has 2 atom stereocenters. The van der Waals surface area contributed by atoms with Crippen molar-refractivity contribution in [1.29, 1.82) is 5.26 Å². The summed E-state index contributed by atoms with van der Waals surface area (Å²) in [5, 5.41) is 19.0. The number of rotatable bonds is 9. The number of benzene rings is 1. The highest BCUT2D eigenvalue weighted by Crippen LogP contribution is 2.51. The minimum Gasteiger partial charge on any atom is -0.481 e. The quantitative estimate of drug-likeness (QED) is 0.393. The van der Waals surface area contributed by atoms with E-state index in [2.05, 4.69) is 13.0 Å². The van der Waals surface area contributed by atoms with Crippen LogP contribution >= 0.6 is 0 Å². The molecule has 1 saturated carbocycles. The molecule has 0 bridgehead atoms. The second kappa shape index (κ2) is 10.7. The molecule has 4 nitrogen and oxygen atoms in total. The maximum absolute atomic E-state index is 15.7. The third kappa shape index (κ3) is 5.07. The number of carboxylic acid groups (broad SMARTS) is 1. The van der Waals surface area contributed by atoms with Crippen LogP contribution in [-0.4, -0.2) is 24.3 Å². The third-order valence-electron chi connectivity index (χ3n) is 6.80. The van der Waals surface area contributed by atoms with Crippen molar-refractivity contribution in [3.63, 3.8) is 0 Å². The summed E-state index contributed by atoms with van der Waals surface area (Å²) in [6.07, 6.45) is 11.4. The molecule has 1 N–H and O–H groups in total. The molecule has 0 aliphatic heterocycles. The van der Waals surface area contributed by atoms with Crippen molar-refractivity contribution < 1.29 is 19.0 Å². The number of hydrogen-bond acceptors (Lipinski definition) is 3. The topological polar surface area (TPSA) is 70.3 Å². The van der Waals surface area contributed by atoms with Gasteiger partial charge in [0.1, 0.15) is 5.83 Å². The standard InChI is InChI=1S/C26H32FNO3/c1-2-3-6-15-31-18-19-9-11-22(12-10-19)26(23-8-5-4-7-21(23)17-28)14-13-20(25(29)30)16-24(26)27/h4-5,7-8,13-14,16,19-20,22H,2-3,6,9-12,15,18H2,1H3,(H,29,30)/t19-,20?,22-,26?. The van der Waals surface area contributed by atoms with Crippen LogP contribution in [0, 0.1) is 29.1 Å². The van der Waals surface area contributed by atoms with Gasteiger partial charge < -0.3 is 9.84 Å². The van der Waals surface area contributed by atoms with Gasteiger partial charge in [0.25, 0.3) is 0 Å². The highest BCUT2D eigenvalue weighted by molar-refractivity contribution is 5.75. The first-order valence-corrected chi connectivity index (χ1v) is 11.4. The zero-order chi connectivity index (χ0) is 22.3. The molecule has 1 fully saturated rings. The molecule has 2 aliphatic rings. The lowest BCUT2D eigenvalue weighted by Crippen LogP contribution is -2.40. The molecule has 2 aliphatic carbocycles. The van der Waals surface area contributed by atoms with Crippen LogP contribution in [0.25, 0.3) is 0 Å². The summed E-state index contributed by atoms with van der Waals surface area (Å²) in [6.45, 7) is 3.71. The van der Waals surface area contributed by atoms with E-state index in [0.29, 0.717) is 17.0 Å². The maximum atomic E-state index is 15.7. The molecular formula is C26H32FNO3. The van der Waals surface area contributed by atoms with Crippen molar-refractivity contribution >= 4 is 5.97 Å². The summed E-state index contributed by atoms with van der Waals surface area (Å²) in [6, 6.07) is 9.30. The number of hydrogen-bond donors (Lipinski definition) is 1. The smallest absolute Gasteiger partial charge is 0.314 e. The molecule has 1 aromatic carbocycles. The molecule has 0 radical (unpaired) electrons. The second-order valence-corrected chi connectivity index (χ2v) is 8.76. The first-order chi connectivity index (χ1) is 15.0. The van der Waals surface area contributed by atoms with Crippen molar-refractivity contribution in [2.75, 3.05) is 13.2 Å². The minimum atomic E-state index is -1.08. The van der Waals surface area contributed by atoms with Gasteiger partial charge in [-0.25, -0.2) is 4.39 Å². The van der Waals surface area contributed by atoms with Gasteiger partial charge >= 0.3 is 5.97 Å². The Morgan fingerprint density at radius 1 is 1.26 bits per heavy atom. The monoisotopic (exact) mass is 425 g/mol. The van der Waals surface area contributed by atoms with Crippen LogP contribution in [0.1, 0.15) is 63.0 Å². The predicted octanol–water partition coefficient (Wildman–Crippen LogP) is 5.93. The molecule has 166 valence electrons. The Balaban J connectivity index is 1.80. The molecule has 3 rings (SSSR count). The van der Waals surface area contributed by atoms with Crippen LogP contribution in [0.3, 0.4) is 0 Å². The van der Waals surface area contributed by atoms with Crippen LogP contribution in [0.4, 0.5) is 4.39 Å². The molecule has 0 aromatic heterocycles. The van der Waals surface area contributed by atoms with Crippen LogP contribution in [0.5, 0.6) is 0 Å². The van der Waals surface area contributed by atoms with Crippen molar-refractivity contribution in [1.82, 2.24) is 0 Å². The number of ether oxygens (including phenoxy) is 1. The molecule has 0 heterocycles. The van der Waals surface area contributed by atoms with Gasteiger partial charge in [0.05, 0.1) is 23.0 Å². The first kappa shape index (κ1) is 23.2. The molecule has 31 heavy (non-hydrogen) atoms. The number of carboxylic acids is 1. The van der Waals surface area contributed by atoms with E-state index in [1.54, 1.807) is 30.4 Å². The number of allylic oxidation sites excluding steroid dienone is 2. The number of halogens is 1. The average molecular weight is 426 g/mol. The van der Waals surface area contributed by atoms with E-state index in [1.807, 2.05) is 6.07 Å². The molecule has 0 amide bonds.